The molecule has 1 aliphatic heterocycles. The fourth-order valence-corrected chi connectivity index (χ4v) is 2.61. The van der Waals surface area contributed by atoms with E-state index in [4.69, 9.17) is 4.74 Å². The summed E-state index contributed by atoms with van der Waals surface area (Å²) < 4.78 is 5.45. The zero-order valence-corrected chi connectivity index (χ0v) is 12.5. The average Bonchev–Trinajstić information content (AvgIpc) is 2.99. The number of aliphatic hydroxyl groups is 1. The number of hydrogen-bond donors (Lipinski definition) is 2. The van der Waals surface area contributed by atoms with E-state index in [0.717, 1.165) is 28.9 Å². The van der Waals surface area contributed by atoms with Crippen LogP contribution in [0.5, 0.6) is 5.75 Å². The predicted molar refractivity (Wildman–Crippen MR) is 84.1 cm³/mol. The summed E-state index contributed by atoms with van der Waals surface area (Å²) in [5.74, 6) is 0.715. The lowest BCUT2D eigenvalue weighted by Crippen LogP contribution is -2.28. The SMILES string of the molecule is Cc1cccc(C(=O)NCC(O)c2ccc3c(c2)CCO3)c1. The van der Waals surface area contributed by atoms with Gasteiger partial charge in [0.15, 0.2) is 0 Å². The largest absolute Gasteiger partial charge is 0.493 e. The molecule has 1 heterocycles. The smallest absolute Gasteiger partial charge is 0.251 e. The van der Waals surface area contributed by atoms with Crippen molar-refractivity contribution in [1.29, 1.82) is 0 Å². The molecule has 1 amide bonds. The molecule has 0 spiro atoms. The highest BCUT2D eigenvalue weighted by molar-refractivity contribution is 5.94. The van der Waals surface area contributed by atoms with Gasteiger partial charge < -0.3 is 15.2 Å². The maximum Gasteiger partial charge on any atom is 0.251 e. The first-order valence-corrected chi connectivity index (χ1v) is 7.42. The van der Waals surface area contributed by atoms with E-state index in [1.165, 1.54) is 0 Å². The number of hydrogen-bond acceptors (Lipinski definition) is 3. The second-order valence-electron chi connectivity index (χ2n) is 5.56. The van der Waals surface area contributed by atoms with Crippen molar-refractivity contribution in [2.24, 2.45) is 0 Å². The van der Waals surface area contributed by atoms with Gasteiger partial charge in [0.05, 0.1) is 12.7 Å². The van der Waals surface area contributed by atoms with Crippen LogP contribution in [-0.2, 0) is 6.42 Å². The predicted octanol–water partition coefficient (Wildman–Crippen LogP) is 2.39. The number of nitrogens with one attached hydrogen (secondary N) is 1. The molecule has 4 heteroatoms. The first-order valence-electron chi connectivity index (χ1n) is 7.42. The summed E-state index contributed by atoms with van der Waals surface area (Å²) >= 11 is 0. The van der Waals surface area contributed by atoms with Crippen molar-refractivity contribution < 1.29 is 14.6 Å². The Bertz CT molecular complexity index is 696. The summed E-state index contributed by atoms with van der Waals surface area (Å²) in [6.45, 7) is 2.82. The van der Waals surface area contributed by atoms with E-state index in [-0.39, 0.29) is 12.5 Å². The van der Waals surface area contributed by atoms with Gasteiger partial charge >= 0.3 is 0 Å². The molecule has 2 aromatic carbocycles. The number of aliphatic hydroxyl groups excluding tert-OH is 1. The Morgan fingerprint density at radius 3 is 3.00 bits per heavy atom. The van der Waals surface area contributed by atoms with Gasteiger partial charge in [0.2, 0.25) is 0 Å². The summed E-state index contributed by atoms with van der Waals surface area (Å²) in [6.07, 6.45) is 0.144. The number of carbonyl (C=O) groups is 1. The molecule has 2 N–H and O–H groups in total. The molecule has 0 aliphatic carbocycles. The lowest BCUT2D eigenvalue weighted by atomic mass is 10.0. The number of carbonyl (C=O) groups excluding carboxylic acids is 1. The van der Waals surface area contributed by atoms with Crippen LogP contribution in [0.1, 0.15) is 33.2 Å². The van der Waals surface area contributed by atoms with Crippen molar-refractivity contribution >= 4 is 5.91 Å². The van der Waals surface area contributed by atoms with Crippen LogP contribution in [0.15, 0.2) is 42.5 Å². The molecule has 0 bridgehead atoms. The molecule has 1 aliphatic rings. The lowest BCUT2D eigenvalue weighted by Gasteiger charge is -2.13. The molecule has 2 aromatic rings. The summed E-state index contributed by atoms with van der Waals surface area (Å²) in [4.78, 5) is 12.1. The molecule has 3 rings (SSSR count). The Balaban J connectivity index is 1.62. The van der Waals surface area contributed by atoms with E-state index in [1.54, 1.807) is 6.07 Å². The molecule has 0 saturated heterocycles. The molecule has 1 unspecified atom stereocenters. The molecule has 114 valence electrons. The van der Waals surface area contributed by atoms with Gasteiger partial charge in [0.25, 0.3) is 5.91 Å². The molecule has 1 atom stereocenters. The molecular weight excluding hydrogens is 278 g/mol. The van der Waals surface area contributed by atoms with Gasteiger partial charge in [-0.3, -0.25) is 4.79 Å². The normalized spacial score (nSPS) is 14.1. The maximum atomic E-state index is 12.1. The second kappa shape index (κ2) is 6.20. The van der Waals surface area contributed by atoms with E-state index < -0.39 is 6.10 Å². The fraction of sp³-hybridized carbons (Fsp3) is 0.278. The average molecular weight is 297 g/mol. The minimum atomic E-state index is -0.723. The summed E-state index contributed by atoms with van der Waals surface area (Å²) in [5.41, 5.74) is 3.55. The Morgan fingerprint density at radius 1 is 1.32 bits per heavy atom. The van der Waals surface area contributed by atoms with Crippen molar-refractivity contribution in [1.82, 2.24) is 5.32 Å². The van der Waals surface area contributed by atoms with Crippen LogP contribution < -0.4 is 10.1 Å². The van der Waals surface area contributed by atoms with Crippen molar-refractivity contribution in [3.8, 4) is 5.75 Å². The number of benzene rings is 2. The van der Waals surface area contributed by atoms with Crippen molar-refractivity contribution in [2.75, 3.05) is 13.2 Å². The standard InChI is InChI=1S/C18H19NO3/c1-12-3-2-4-15(9-12)18(21)19-11-16(20)13-5-6-17-14(10-13)7-8-22-17/h2-6,9-10,16,20H,7-8,11H2,1H3,(H,19,21). The monoisotopic (exact) mass is 297 g/mol. The molecule has 0 fully saturated rings. The van der Waals surface area contributed by atoms with Gasteiger partial charge in [0, 0.05) is 18.5 Å². The Morgan fingerprint density at radius 2 is 2.18 bits per heavy atom. The Kier molecular flexibility index (Phi) is 4.11. The van der Waals surface area contributed by atoms with Gasteiger partial charge in [-0.25, -0.2) is 0 Å². The second-order valence-corrected chi connectivity index (χ2v) is 5.56. The quantitative estimate of drug-likeness (QED) is 0.911. The first kappa shape index (κ1) is 14.6. The highest BCUT2D eigenvalue weighted by Gasteiger charge is 2.16. The van der Waals surface area contributed by atoms with Crippen molar-refractivity contribution in [3.05, 3.63) is 64.7 Å². The van der Waals surface area contributed by atoms with E-state index in [2.05, 4.69) is 5.32 Å². The highest BCUT2D eigenvalue weighted by Crippen LogP contribution is 2.28. The first-order chi connectivity index (χ1) is 10.6. The minimum Gasteiger partial charge on any atom is -0.493 e. The highest BCUT2D eigenvalue weighted by atomic mass is 16.5. The number of amides is 1. The van der Waals surface area contributed by atoms with Gasteiger partial charge in [-0.2, -0.15) is 0 Å². The van der Waals surface area contributed by atoms with Gasteiger partial charge in [-0.1, -0.05) is 23.8 Å². The minimum absolute atomic E-state index is 0.174. The van der Waals surface area contributed by atoms with E-state index in [0.29, 0.717) is 12.2 Å². The third-order valence-electron chi connectivity index (χ3n) is 3.83. The molecular formula is C18H19NO3. The maximum absolute atomic E-state index is 12.1. The van der Waals surface area contributed by atoms with Crippen LogP contribution in [0.2, 0.25) is 0 Å². The fourth-order valence-electron chi connectivity index (χ4n) is 2.61. The lowest BCUT2D eigenvalue weighted by molar-refractivity contribution is 0.0916. The van der Waals surface area contributed by atoms with Crippen LogP contribution in [0.25, 0.3) is 0 Å². The third kappa shape index (κ3) is 3.12. The molecule has 0 radical (unpaired) electrons. The van der Waals surface area contributed by atoms with Crippen LogP contribution in [-0.4, -0.2) is 24.2 Å². The van der Waals surface area contributed by atoms with Crippen LogP contribution in [0.3, 0.4) is 0 Å². The Labute approximate surface area is 129 Å². The van der Waals surface area contributed by atoms with E-state index in [1.807, 2.05) is 43.3 Å². The number of aryl methyl sites for hydroxylation is 1. The van der Waals surface area contributed by atoms with Crippen LogP contribution in [0, 0.1) is 6.92 Å². The Hall–Kier alpha value is -2.33. The van der Waals surface area contributed by atoms with Gasteiger partial charge in [-0.15, -0.1) is 0 Å². The van der Waals surface area contributed by atoms with Crippen molar-refractivity contribution in [2.45, 2.75) is 19.4 Å². The van der Waals surface area contributed by atoms with Gasteiger partial charge in [0.1, 0.15) is 5.75 Å². The third-order valence-corrected chi connectivity index (χ3v) is 3.83. The summed E-state index contributed by atoms with van der Waals surface area (Å²) in [5, 5.41) is 13.0. The topological polar surface area (TPSA) is 58.6 Å². The van der Waals surface area contributed by atoms with Crippen molar-refractivity contribution in [3.63, 3.8) is 0 Å². The summed E-state index contributed by atoms with van der Waals surface area (Å²) in [6, 6.07) is 13.1. The summed E-state index contributed by atoms with van der Waals surface area (Å²) in [7, 11) is 0. The van der Waals surface area contributed by atoms with Crippen LogP contribution in [0.4, 0.5) is 0 Å². The number of ether oxygens (including phenoxy) is 1. The molecule has 0 saturated carbocycles. The van der Waals surface area contributed by atoms with Gasteiger partial charge in [-0.05, 0) is 42.3 Å². The zero-order valence-electron chi connectivity index (χ0n) is 12.5. The van der Waals surface area contributed by atoms with E-state index >= 15 is 0 Å². The van der Waals surface area contributed by atoms with Crippen LogP contribution >= 0.6 is 0 Å². The molecule has 0 aromatic heterocycles. The number of fused-ring (bicyclic) bond motifs is 1. The zero-order chi connectivity index (χ0) is 15.5. The van der Waals surface area contributed by atoms with E-state index in [9.17, 15) is 9.90 Å². The molecule has 22 heavy (non-hydrogen) atoms. The molecule has 4 nitrogen and oxygen atoms in total. The number of rotatable bonds is 4.